The summed E-state index contributed by atoms with van der Waals surface area (Å²) in [7, 11) is 3.95. The predicted molar refractivity (Wildman–Crippen MR) is 110 cm³/mol. The summed E-state index contributed by atoms with van der Waals surface area (Å²) >= 11 is 0. The maximum Gasteiger partial charge on any atom is 0.321 e. The molecule has 27 heavy (non-hydrogen) atoms. The Bertz CT molecular complexity index is 799. The Kier molecular flexibility index (Phi) is 5.78. The molecular formula is C20H28N6O. The van der Waals surface area contributed by atoms with E-state index in [9.17, 15) is 4.79 Å². The molecule has 0 aliphatic carbocycles. The maximum atomic E-state index is 12.6. The molecule has 144 valence electrons. The zero-order valence-electron chi connectivity index (χ0n) is 16.6. The van der Waals surface area contributed by atoms with Crippen LogP contribution in [-0.2, 0) is 6.42 Å². The quantitative estimate of drug-likeness (QED) is 0.899. The van der Waals surface area contributed by atoms with Gasteiger partial charge < -0.3 is 20.0 Å². The third-order valence-corrected chi connectivity index (χ3v) is 4.75. The average molecular weight is 368 g/mol. The molecule has 0 atom stereocenters. The molecule has 1 aromatic carbocycles. The summed E-state index contributed by atoms with van der Waals surface area (Å²) in [6.07, 6.45) is 0.954. The topological polar surface area (TPSA) is 64.6 Å². The molecule has 1 fully saturated rings. The first-order valence-corrected chi connectivity index (χ1v) is 9.39. The van der Waals surface area contributed by atoms with E-state index in [-0.39, 0.29) is 6.03 Å². The molecule has 1 N–H and O–H groups in total. The minimum atomic E-state index is -0.0456. The first kappa shape index (κ1) is 18.9. The number of anilines is 3. The lowest BCUT2D eigenvalue weighted by molar-refractivity contribution is 0.208. The standard InChI is InChI=1S/C20H28N6O/c1-5-16-7-6-8-17(13-16)23-20(27)26-11-9-25(10-12-26)19-14-18(24(3)4)21-15(2)22-19/h6-8,13-14H,5,9-12H2,1-4H3,(H,23,27). The number of piperazine rings is 1. The second kappa shape index (κ2) is 8.24. The van der Waals surface area contributed by atoms with E-state index in [0.29, 0.717) is 13.1 Å². The van der Waals surface area contributed by atoms with Crippen molar-refractivity contribution in [2.24, 2.45) is 0 Å². The number of amides is 2. The fourth-order valence-electron chi connectivity index (χ4n) is 3.14. The molecular weight excluding hydrogens is 340 g/mol. The Morgan fingerprint density at radius 1 is 1.15 bits per heavy atom. The number of carbonyl (C=O) groups excluding carboxylic acids is 1. The van der Waals surface area contributed by atoms with Crippen LogP contribution in [0, 0.1) is 6.92 Å². The van der Waals surface area contributed by atoms with Gasteiger partial charge in [0.1, 0.15) is 17.5 Å². The van der Waals surface area contributed by atoms with Crippen molar-refractivity contribution in [3.63, 3.8) is 0 Å². The van der Waals surface area contributed by atoms with Gasteiger partial charge in [-0.3, -0.25) is 0 Å². The van der Waals surface area contributed by atoms with Crippen LogP contribution in [0.4, 0.5) is 22.1 Å². The van der Waals surface area contributed by atoms with Crippen molar-refractivity contribution in [2.75, 3.05) is 55.4 Å². The summed E-state index contributed by atoms with van der Waals surface area (Å²) in [5.41, 5.74) is 2.07. The summed E-state index contributed by atoms with van der Waals surface area (Å²) in [6, 6.07) is 9.96. The number of aryl methyl sites for hydroxylation is 2. The summed E-state index contributed by atoms with van der Waals surface area (Å²) < 4.78 is 0. The number of carbonyl (C=O) groups is 1. The molecule has 7 nitrogen and oxygen atoms in total. The molecule has 3 rings (SSSR count). The largest absolute Gasteiger partial charge is 0.363 e. The Labute approximate surface area is 161 Å². The normalized spacial score (nSPS) is 14.2. The zero-order chi connectivity index (χ0) is 19.4. The van der Waals surface area contributed by atoms with Crippen LogP contribution >= 0.6 is 0 Å². The molecule has 0 saturated carbocycles. The number of benzene rings is 1. The minimum absolute atomic E-state index is 0.0456. The Balaban J connectivity index is 1.60. The van der Waals surface area contributed by atoms with Gasteiger partial charge in [0.05, 0.1) is 0 Å². The van der Waals surface area contributed by atoms with E-state index >= 15 is 0 Å². The van der Waals surface area contributed by atoms with Crippen LogP contribution in [0.5, 0.6) is 0 Å². The summed E-state index contributed by atoms with van der Waals surface area (Å²) in [6.45, 7) is 6.86. The number of hydrogen-bond donors (Lipinski definition) is 1. The fourth-order valence-corrected chi connectivity index (χ4v) is 3.14. The molecule has 2 amide bonds. The highest BCUT2D eigenvalue weighted by molar-refractivity contribution is 5.89. The summed E-state index contributed by atoms with van der Waals surface area (Å²) in [5.74, 6) is 2.57. The minimum Gasteiger partial charge on any atom is -0.363 e. The smallest absolute Gasteiger partial charge is 0.321 e. The van der Waals surface area contributed by atoms with Gasteiger partial charge in [0.2, 0.25) is 0 Å². The van der Waals surface area contributed by atoms with E-state index < -0.39 is 0 Å². The lowest BCUT2D eigenvalue weighted by Gasteiger charge is -2.35. The van der Waals surface area contributed by atoms with Gasteiger partial charge in [0.25, 0.3) is 0 Å². The van der Waals surface area contributed by atoms with Crippen molar-refractivity contribution in [2.45, 2.75) is 20.3 Å². The zero-order valence-corrected chi connectivity index (χ0v) is 16.6. The van der Waals surface area contributed by atoms with E-state index in [1.807, 2.05) is 55.1 Å². The molecule has 1 aliphatic heterocycles. The van der Waals surface area contributed by atoms with E-state index in [4.69, 9.17) is 0 Å². The fraction of sp³-hybridized carbons (Fsp3) is 0.450. The molecule has 1 aromatic heterocycles. The van der Waals surface area contributed by atoms with Crippen LogP contribution in [0.2, 0.25) is 0 Å². The van der Waals surface area contributed by atoms with Gasteiger partial charge >= 0.3 is 6.03 Å². The van der Waals surface area contributed by atoms with Crippen LogP contribution < -0.4 is 15.1 Å². The molecule has 7 heteroatoms. The predicted octanol–water partition coefficient (Wildman–Crippen LogP) is 2.77. The summed E-state index contributed by atoms with van der Waals surface area (Å²) in [4.78, 5) is 27.6. The van der Waals surface area contributed by atoms with E-state index in [0.717, 1.165) is 42.7 Å². The Hall–Kier alpha value is -2.83. The van der Waals surface area contributed by atoms with Gasteiger partial charge in [-0.1, -0.05) is 19.1 Å². The molecule has 0 bridgehead atoms. The highest BCUT2D eigenvalue weighted by Gasteiger charge is 2.22. The highest BCUT2D eigenvalue weighted by atomic mass is 16.2. The van der Waals surface area contributed by atoms with E-state index in [1.165, 1.54) is 5.56 Å². The van der Waals surface area contributed by atoms with Gasteiger partial charge in [0, 0.05) is 52.0 Å². The lowest BCUT2D eigenvalue weighted by Crippen LogP contribution is -2.50. The summed E-state index contributed by atoms with van der Waals surface area (Å²) in [5, 5.41) is 3.01. The first-order valence-electron chi connectivity index (χ1n) is 9.39. The molecule has 1 saturated heterocycles. The first-order chi connectivity index (χ1) is 13.0. The number of aromatic nitrogens is 2. The molecule has 0 radical (unpaired) electrons. The van der Waals surface area contributed by atoms with Gasteiger partial charge in [-0.15, -0.1) is 0 Å². The van der Waals surface area contributed by atoms with Crippen molar-refractivity contribution in [1.82, 2.24) is 14.9 Å². The van der Waals surface area contributed by atoms with Crippen molar-refractivity contribution in [3.05, 3.63) is 41.7 Å². The van der Waals surface area contributed by atoms with E-state index in [2.05, 4.69) is 33.2 Å². The van der Waals surface area contributed by atoms with E-state index in [1.54, 1.807) is 0 Å². The van der Waals surface area contributed by atoms with Crippen molar-refractivity contribution < 1.29 is 4.79 Å². The molecule has 1 aliphatic rings. The van der Waals surface area contributed by atoms with Crippen LogP contribution in [0.25, 0.3) is 0 Å². The van der Waals surface area contributed by atoms with Crippen LogP contribution in [0.3, 0.4) is 0 Å². The van der Waals surface area contributed by atoms with Crippen molar-refractivity contribution >= 4 is 23.4 Å². The molecule has 0 unspecified atom stereocenters. The van der Waals surface area contributed by atoms with Crippen molar-refractivity contribution in [3.8, 4) is 0 Å². The van der Waals surface area contributed by atoms with Crippen LogP contribution in [0.1, 0.15) is 18.3 Å². The second-order valence-corrected chi connectivity index (χ2v) is 6.98. The van der Waals surface area contributed by atoms with Crippen LogP contribution in [-0.4, -0.2) is 61.2 Å². The molecule has 0 spiro atoms. The van der Waals surface area contributed by atoms with Gasteiger partial charge in [-0.25, -0.2) is 14.8 Å². The highest BCUT2D eigenvalue weighted by Crippen LogP contribution is 2.20. The Morgan fingerprint density at radius 3 is 2.56 bits per heavy atom. The van der Waals surface area contributed by atoms with Gasteiger partial charge in [0.15, 0.2) is 0 Å². The average Bonchev–Trinajstić information content (AvgIpc) is 2.67. The number of hydrogen-bond acceptors (Lipinski definition) is 5. The monoisotopic (exact) mass is 368 g/mol. The lowest BCUT2D eigenvalue weighted by atomic mass is 10.1. The molecule has 2 aromatic rings. The Morgan fingerprint density at radius 2 is 1.89 bits per heavy atom. The number of rotatable bonds is 4. The number of nitrogens with one attached hydrogen (secondary N) is 1. The third-order valence-electron chi connectivity index (χ3n) is 4.75. The van der Waals surface area contributed by atoms with Gasteiger partial charge in [-0.05, 0) is 31.0 Å². The van der Waals surface area contributed by atoms with Gasteiger partial charge in [-0.2, -0.15) is 0 Å². The van der Waals surface area contributed by atoms with Crippen LogP contribution in [0.15, 0.2) is 30.3 Å². The molecule has 2 heterocycles. The third kappa shape index (κ3) is 4.67. The number of nitrogens with zero attached hydrogens (tertiary/aromatic N) is 5. The SMILES string of the molecule is CCc1cccc(NC(=O)N2CCN(c3cc(N(C)C)nc(C)n3)CC2)c1. The maximum absolute atomic E-state index is 12.6. The van der Waals surface area contributed by atoms with Crippen molar-refractivity contribution in [1.29, 1.82) is 0 Å². The second-order valence-electron chi connectivity index (χ2n) is 6.98. The number of urea groups is 1.